The lowest BCUT2D eigenvalue weighted by Gasteiger charge is -2.25. The van der Waals surface area contributed by atoms with Crippen LogP contribution in [-0.2, 0) is 9.59 Å². The fourth-order valence-corrected chi connectivity index (χ4v) is 3.35. The lowest BCUT2D eigenvalue weighted by molar-refractivity contribution is -0.139. The predicted octanol–water partition coefficient (Wildman–Crippen LogP) is 2.33. The number of amides is 1. The van der Waals surface area contributed by atoms with E-state index in [-0.39, 0.29) is 18.4 Å². The van der Waals surface area contributed by atoms with E-state index in [1.807, 2.05) is 0 Å². The molecular weight excluding hydrogens is 282 g/mol. The summed E-state index contributed by atoms with van der Waals surface area (Å²) in [5, 5.41) is 8.58. The zero-order chi connectivity index (χ0) is 15.7. The maximum absolute atomic E-state index is 12.6. The van der Waals surface area contributed by atoms with Crippen molar-refractivity contribution >= 4 is 17.6 Å². The number of carboxylic acids is 1. The van der Waals surface area contributed by atoms with E-state index < -0.39 is 5.97 Å². The number of rotatable bonds is 5. The lowest BCUT2D eigenvalue weighted by atomic mass is 9.92. The minimum Gasteiger partial charge on any atom is -0.482 e. The summed E-state index contributed by atoms with van der Waals surface area (Å²) in [5.74, 6) is 0.659. The maximum Gasteiger partial charge on any atom is 0.341 e. The Morgan fingerprint density at radius 1 is 1.23 bits per heavy atom. The zero-order valence-electron chi connectivity index (χ0n) is 12.4. The van der Waals surface area contributed by atoms with Crippen molar-refractivity contribution in [3.8, 4) is 5.75 Å². The molecule has 22 heavy (non-hydrogen) atoms. The van der Waals surface area contributed by atoms with Crippen molar-refractivity contribution in [3.63, 3.8) is 0 Å². The Kier molecular flexibility index (Phi) is 3.88. The van der Waals surface area contributed by atoms with Crippen LogP contribution in [0.5, 0.6) is 5.75 Å². The number of hydrogen-bond acceptors (Lipinski definition) is 3. The first kappa shape index (κ1) is 14.6. The average molecular weight is 301 g/mol. The summed E-state index contributed by atoms with van der Waals surface area (Å²) in [6.07, 6.45) is 6.45. The van der Waals surface area contributed by atoms with Crippen molar-refractivity contribution in [2.24, 2.45) is 17.8 Å². The molecule has 5 nitrogen and oxygen atoms in total. The maximum atomic E-state index is 12.6. The minimum absolute atomic E-state index is 0.0861. The molecule has 3 rings (SSSR count). The molecule has 0 aromatic heterocycles. The van der Waals surface area contributed by atoms with Gasteiger partial charge in [-0.3, -0.25) is 4.79 Å². The number of hydrogen-bond donors (Lipinski definition) is 1. The van der Waals surface area contributed by atoms with Crippen LogP contribution in [0.15, 0.2) is 36.4 Å². The number of carbonyl (C=O) groups excluding carboxylic acids is 1. The molecule has 5 heteroatoms. The highest BCUT2D eigenvalue weighted by Gasteiger charge is 2.41. The molecule has 2 aliphatic rings. The second-order valence-corrected chi connectivity index (χ2v) is 5.96. The Bertz CT molecular complexity index is 608. The lowest BCUT2D eigenvalue weighted by Crippen LogP contribution is -2.34. The van der Waals surface area contributed by atoms with E-state index >= 15 is 0 Å². The van der Waals surface area contributed by atoms with E-state index in [2.05, 4.69) is 12.2 Å². The summed E-state index contributed by atoms with van der Waals surface area (Å²) >= 11 is 0. The molecule has 1 aromatic carbocycles. The van der Waals surface area contributed by atoms with E-state index in [4.69, 9.17) is 9.84 Å². The molecule has 0 saturated heterocycles. The van der Waals surface area contributed by atoms with Crippen LogP contribution in [0.4, 0.5) is 5.69 Å². The SMILES string of the molecule is CN(C(=O)C1CC2C=CC1C2)c1ccc(OCC(=O)O)cc1. The number of anilines is 1. The quantitative estimate of drug-likeness (QED) is 0.848. The molecule has 3 atom stereocenters. The summed E-state index contributed by atoms with van der Waals surface area (Å²) in [4.78, 5) is 24.8. The molecule has 0 aliphatic heterocycles. The standard InChI is InChI=1S/C17H19NO4/c1-18(17(21)15-9-11-2-3-12(15)8-11)13-4-6-14(7-5-13)22-10-16(19)20/h2-7,11-12,15H,8-10H2,1H3,(H,19,20). The molecule has 0 heterocycles. The van der Waals surface area contributed by atoms with Crippen molar-refractivity contribution in [1.82, 2.24) is 0 Å². The summed E-state index contributed by atoms with van der Waals surface area (Å²) in [7, 11) is 1.78. The second-order valence-electron chi connectivity index (χ2n) is 5.96. The third-order valence-corrected chi connectivity index (χ3v) is 4.51. The molecule has 1 saturated carbocycles. The topological polar surface area (TPSA) is 66.8 Å². The van der Waals surface area contributed by atoms with Crippen LogP contribution < -0.4 is 9.64 Å². The van der Waals surface area contributed by atoms with Crippen LogP contribution in [-0.4, -0.2) is 30.6 Å². The van der Waals surface area contributed by atoms with Crippen molar-refractivity contribution in [2.75, 3.05) is 18.6 Å². The van der Waals surface area contributed by atoms with Crippen molar-refractivity contribution in [2.45, 2.75) is 12.8 Å². The average Bonchev–Trinajstić information content (AvgIpc) is 3.15. The second kappa shape index (κ2) is 5.83. The Labute approximate surface area is 129 Å². The molecule has 1 aromatic rings. The highest BCUT2D eigenvalue weighted by molar-refractivity contribution is 5.95. The van der Waals surface area contributed by atoms with Crippen LogP contribution in [0.1, 0.15) is 12.8 Å². The first-order valence-corrected chi connectivity index (χ1v) is 7.45. The van der Waals surface area contributed by atoms with Gasteiger partial charge in [0.15, 0.2) is 6.61 Å². The van der Waals surface area contributed by atoms with Gasteiger partial charge in [0.25, 0.3) is 0 Å². The Hall–Kier alpha value is -2.30. The number of aliphatic carboxylic acids is 1. The molecule has 2 bridgehead atoms. The number of allylic oxidation sites excluding steroid dienone is 2. The van der Waals surface area contributed by atoms with Gasteiger partial charge in [0.05, 0.1) is 0 Å². The number of carboxylic acid groups (broad SMARTS) is 1. The molecule has 3 unspecified atom stereocenters. The number of nitrogens with zero attached hydrogens (tertiary/aromatic N) is 1. The highest BCUT2D eigenvalue weighted by atomic mass is 16.5. The van der Waals surface area contributed by atoms with Crippen molar-refractivity contribution in [1.29, 1.82) is 0 Å². The number of fused-ring (bicyclic) bond motifs is 2. The van der Waals surface area contributed by atoms with Gasteiger partial charge in [-0.15, -0.1) is 0 Å². The van der Waals surface area contributed by atoms with Gasteiger partial charge in [0, 0.05) is 18.7 Å². The molecule has 116 valence electrons. The number of carbonyl (C=O) groups is 2. The van der Waals surface area contributed by atoms with Crippen LogP contribution >= 0.6 is 0 Å². The minimum atomic E-state index is -1.01. The number of benzene rings is 1. The van der Waals surface area contributed by atoms with E-state index in [0.29, 0.717) is 17.6 Å². The van der Waals surface area contributed by atoms with E-state index in [9.17, 15) is 9.59 Å². The van der Waals surface area contributed by atoms with Gasteiger partial charge < -0.3 is 14.7 Å². The monoisotopic (exact) mass is 301 g/mol. The third-order valence-electron chi connectivity index (χ3n) is 4.51. The molecule has 0 radical (unpaired) electrons. The smallest absolute Gasteiger partial charge is 0.341 e. The van der Waals surface area contributed by atoms with Crippen LogP contribution in [0.2, 0.25) is 0 Å². The summed E-state index contributed by atoms with van der Waals surface area (Å²) in [5.41, 5.74) is 0.791. The van der Waals surface area contributed by atoms with Gasteiger partial charge in [-0.05, 0) is 48.9 Å². The van der Waals surface area contributed by atoms with Gasteiger partial charge in [0.2, 0.25) is 5.91 Å². The van der Waals surface area contributed by atoms with Gasteiger partial charge in [-0.25, -0.2) is 4.79 Å². The number of ether oxygens (including phenoxy) is 1. The third kappa shape index (κ3) is 2.84. The zero-order valence-corrected chi connectivity index (χ0v) is 12.4. The molecule has 1 amide bonds. The van der Waals surface area contributed by atoms with Gasteiger partial charge in [-0.2, -0.15) is 0 Å². The molecule has 0 spiro atoms. The normalized spacial score (nSPS) is 25.2. The van der Waals surface area contributed by atoms with E-state index in [1.165, 1.54) is 0 Å². The Balaban J connectivity index is 1.64. The summed E-state index contributed by atoms with van der Waals surface area (Å²) in [6.45, 7) is -0.369. The van der Waals surface area contributed by atoms with Crippen molar-refractivity contribution in [3.05, 3.63) is 36.4 Å². The first-order chi connectivity index (χ1) is 10.5. The van der Waals surface area contributed by atoms with Crippen molar-refractivity contribution < 1.29 is 19.4 Å². The van der Waals surface area contributed by atoms with Crippen LogP contribution in [0.3, 0.4) is 0 Å². The Morgan fingerprint density at radius 2 is 1.95 bits per heavy atom. The van der Waals surface area contributed by atoms with Crippen LogP contribution in [0.25, 0.3) is 0 Å². The Morgan fingerprint density at radius 3 is 2.50 bits per heavy atom. The summed E-state index contributed by atoms with van der Waals surface area (Å²) < 4.78 is 5.09. The molecule has 2 aliphatic carbocycles. The fraction of sp³-hybridized carbons (Fsp3) is 0.412. The highest BCUT2D eigenvalue weighted by Crippen LogP contribution is 2.44. The molecular formula is C17H19NO4. The van der Waals surface area contributed by atoms with Gasteiger partial charge >= 0.3 is 5.97 Å². The van der Waals surface area contributed by atoms with Crippen LogP contribution in [0, 0.1) is 17.8 Å². The van der Waals surface area contributed by atoms with E-state index in [1.54, 1.807) is 36.2 Å². The largest absolute Gasteiger partial charge is 0.482 e. The van der Waals surface area contributed by atoms with Gasteiger partial charge in [0.1, 0.15) is 5.75 Å². The predicted molar refractivity (Wildman–Crippen MR) is 81.8 cm³/mol. The first-order valence-electron chi connectivity index (χ1n) is 7.45. The van der Waals surface area contributed by atoms with E-state index in [0.717, 1.165) is 18.5 Å². The molecule has 1 N–H and O–H groups in total. The molecule has 1 fully saturated rings. The fourth-order valence-electron chi connectivity index (χ4n) is 3.35. The summed E-state index contributed by atoms with van der Waals surface area (Å²) in [6, 6.07) is 6.92. The van der Waals surface area contributed by atoms with Gasteiger partial charge in [-0.1, -0.05) is 12.2 Å².